The number of halogens is 1. The van der Waals surface area contributed by atoms with Gasteiger partial charge < -0.3 is 10.5 Å². The Labute approximate surface area is 177 Å². The summed E-state index contributed by atoms with van der Waals surface area (Å²) in [5, 5.41) is 10.9. The highest BCUT2D eigenvalue weighted by molar-refractivity contribution is 6.30. The maximum absolute atomic E-state index is 13.0. The fourth-order valence-corrected chi connectivity index (χ4v) is 3.34. The van der Waals surface area contributed by atoms with Crippen LogP contribution < -0.4 is 11.2 Å². The van der Waals surface area contributed by atoms with E-state index in [0.717, 1.165) is 12.1 Å². The molecule has 30 heavy (non-hydrogen) atoms. The van der Waals surface area contributed by atoms with Gasteiger partial charge in [-0.3, -0.25) is 15.0 Å². The highest BCUT2D eigenvalue weighted by atomic mass is 35.5. The first-order chi connectivity index (χ1) is 14.4. The predicted molar refractivity (Wildman–Crippen MR) is 107 cm³/mol. The van der Waals surface area contributed by atoms with Crippen molar-refractivity contribution in [2.75, 3.05) is 7.11 Å². The van der Waals surface area contributed by atoms with E-state index in [4.69, 9.17) is 22.1 Å². The number of ether oxygens (including phenoxy) is 1. The maximum atomic E-state index is 13.0. The van der Waals surface area contributed by atoms with Crippen molar-refractivity contribution in [2.45, 2.75) is 5.92 Å². The molecule has 9 heteroatoms. The standard InChI is InChI=1S/C21H17ClN4O4/c1-30-21(29)17-16(12-7-9-14(22)10-8-12)15(11-23)20(28)26(18(17)24)25-19(27)13-5-3-2-4-6-13/h2-10,15-16H,24H2,1H3,(H,25,27). The zero-order chi connectivity index (χ0) is 21.8. The zero-order valence-electron chi connectivity index (χ0n) is 15.8. The van der Waals surface area contributed by atoms with Crippen LogP contribution in [0.3, 0.4) is 0 Å². The van der Waals surface area contributed by atoms with Gasteiger partial charge in [0, 0.05) is 16.5 Å². The highest BCUT2D eigenvalue weighted by Crippen LogP contribution is 2.39. The molecule has 1 heterocycles. The lowest BCUT2D eigenvalue weighted by molar-refractivity contribution is -0.139. The summed E-state index contributed by atoms with van der Waals surface area (Å²) in [5.41, 5.74) is 9.14. The van der Waals surface area contributed by atoms with E-state index in [9.17, 15) is 19.6 Å². The Bertz CT molecular complexity index is 1060. The molecule has 1 aliphatic heterocycles. The van der Waals surface area contributed by atoms with Crippen molar-refractivity contribution >= 4 is 29.4 Å². The predicted octanol–water partition coefficient (Wildman–Crippen LogP) is 2.09. The van der Waals surface area contributed by atoms with Crippen LogP contribution in [0.4, 0.5) is 0 Å². The average molecular weight is 425 g/mol. The van der Waals surface area contributed by atoms with Crippen LogP contribution in [-0.2, 0) is 14.3 Å². The van der Waals surface area contributed by atoms with Crippen molar-refractivity contribution in [3.05, 3.63) is 82.1 Å². The SMILES string of the molecule is COC(=O)C1=C(N)N(NC(=O)c2ccccc2)C(=O)C(C#N)C1c1ccc(Cl)cc1. The number of nitriles is 1. The number of hydrogen-bond acceptors (Lipinski definition) is 6. The number of hydrazine groups is 1. The van der Waals surface area contributed by atoms with Gasteiger partial charge in [0.25, 0.3) is 11.8 Å². The number of benzene rings is 2. The summed E-state index contributed by atoms with van der Waals surface area (Å²) < 4.78 is 4.84. The first-order valence-electron chi connectivity index (χ1n) is 8.82. The van der Waals surface area contributed by atoms with Crippen molar-refractivity contribution in [3.63, 3.8) is 0 Å². The van der Waals surface area contributed by atoms with E-state index in [1.165, 1.54) is 0 Å². The summed E-state index contributed by atoms with van der Waals surface area (Å²) in [7, 11) is 1.16. The minimum atomic E-state index is -1.33. The topological polar surface area (TPSA) is 126 Å². The molecule has 0 aliphatic carbocycles. The zero-order valence-corrected chi connectivity index (χ0v) is 16.6. The molecule has 0 bridgehead atoms. The number of carbonyl (C=O) groups excluding carboxylic acids is 3. The van der Waals surface area contributed by atoms with Crippen LogP contribution in [0.5, 0.6) is 0 Å². The van der Waals surface area contributed by atoms with Crippen LogP contribution in [-0.4, -0.2) is 29.9 Å². The number of methoxy groups -OCH3 is 1. The number of esters is 1. The number of amides is 2. The molecule has 2 aromatic rings. The quantitative estimate of drug-likeness (QED) is 0.724. The van der Waals surface area contributed by atoms with Gasteiger partial charge >= 0.3 is 5.97 Å². The molecule has 2 unspecified atom stereocenters. The molecular formula is C21H17ClN4O4. The lowest BCUT2D eigenvalue weighted by Crippen LogP contribution is -2.55. The highest BCUT2D eigenvalue weighted by Gasteiger charge is 2.46. The van der Waals surface area contributed by atoms with Gasteiger partial charge in [0.2, 0.25) is 0 Å². The van der Waals surface area contributed by atoms with Gasteiger partial charge in [0.15, 0.2) is 0 Å². The third-order valence-corrected chi connectivity index (χ3v) is 4.92. The number of hydrogen-bond donors (Lipinski definition) is 2. The normalized spacial score (nSPS) is 18.6. The summed E-state index contributed by atoms with van der Waals surface area (Å²) in [6.45, 7) is 0. The lowest BCUT2D eigenvalue weighted by atomic mass is 9.78. The van der Waals surface area contributed by atoms with Gasteiger partial charge in [-0.05, 0) is 29.8 Å². The summed E-state index contributed by atoms with van der Waals surface area (Å²) in [4.78, 5) is 38.1. The Morgan fingerprint density at radius 3 is 2.37 bits per heavy atom. The van der Waals surface area contributed by atoms with E-state index >= 15 is 0 Å². The molecule has 2 amide bonds. The molecule has 3 rings (SSSR count). The van der Waals surface area contributed by atoms with E-state index in [1.54, 1.807) is 54.6 Å². The second-order valence-corrected chi connectivity index (χ2v) is 6.84. The molecule has 152 valence electrons. The third kappa shape index (κ3) is 3.83. The Morgan fingerprint density at radius 2 is 1.80 bits per heavy atom. The largest absolute Gasteiger partial charge is 0.466 e. The van der Waals surface area contributed by atoms with Crippen molar-refractivity contribution < 1.29 is 19.1 Å². The Kier molecular flexibility index (Phi) is 6.04. The van der Waals surface area contributed by atoms with Gasteiger partial charge in [-0.15, -0.1) is 0 Å². The Balaban J connectivity index is 2.09. The Morgan fingerprint density at radius 1 is 1.17 bits per heavy atom. The van der Waals surface area contributed by atoms with Crippen LogP contribution in [0.15, 0.2) is 66.0 Å². The van der Waals surface area contributed by atoms with Gasteiger partial charge in [-0.2, -0.15) is 5.26 Å². The fourth-order valence-electron chi connectivity index (χ4n) is 3.22. The van der Waals surface area contributed by atoms with E-state index in [2.05, 4.69) is 5.43 Å². The molecular weight excluding hydrogens is 408 g/mol. The number of nitrogens with zero attached hydrogens (tertiary/aromatic N) is 2. The molecule has 0 saturated carbocycles. The summed E-state index contributed by atoms with van der Waals surface area (Å²) in [6, 6.07) is 16.4. The summed E-state index contributed by atoms with van der Waals surface area (Å²) >= 11 is 5.93. The van der Waals surface area contributed by atoms with Crippen LogP contribution in [0.25, 0.3) is 0 Å². The molecule has 8 nitrogen and oxygen atoms in total. The summed E-state index contributed by atoms with van der Waals surface area (Å²) in [6.07, 6.45) is 0. The minimum absolute atomic E-state index is 0.112. The lowest BCUT2D eigenvalue weighted by Gasteiger charge is -2.36. The molecule has 0 radical (unpaired) electrons. The number of carbonyl (C=O) groups is 3. The van der Waals surface area contributed by atoms with E-state index in [-0.39, 0.29) is 17.0 Å². The first-order valence-corrected chi connectivity index (χ1v) is 9.19. The molecule has 0 aromatic heterocycles. The van der Waals surface area contributed by atoms with Crippen molar-refractivity contribution in [3.8, 4) is 6.07 Å². The van der Waals surface area contributed by atoms with Crippen molar-refractivity contribution in [1.82, 2.24) is 10.4 Å². The minimum Gasteiger partial charge on any atom is -0.466 e. The molecule has 1 aliphatic rings. The van der Waals surface area contributed by atoms with E-state index in [0.29, 0.717) is 10.6 Å². The van der Waals surface area contributed by atoms with Gasteiger partial charge in [0.05, 0.1) is 18.8 Å². The molecule has 2 aromatic carbocycles. The summed E-state index contributed by atoms with van der Waals surface area (Å²) in [5.74, 6) is -4.85. The number of nitrogens with one attached hydrogen (secondary N) is 1. The van der Waals surface area contributed by atoms with Gasteiger partial charge in [-0.1, -0.05) is 41.9 Å². The third-order valence-electron chi connectivity index (χ3n) is 4.67. The smallest absolute Gasteiger partial charge is 0.338 e. The van der Waals surface area contributed by atoms with Crippen molar-refractivity contribution in [1.29, 1.82) is 5.26 Å². The van der Waals surface area contributed by atoms with Crippen molar-refractivity contribution in [2.24, 2.45) is 11.7 Å². The van der Waals surface area contributed by atoms with Crippen LogP contribution in [0.2, 0.25) is 5.02 Å². The van der Waals surface area contributed by atoms with Crippen LogP contribution in [0, 0.1) is 17.2 Å². The maximum Gasteiger partial charge on any atom is 0.338 e. The van der Waals surface area contributed by atoms with Crippen LogP contribution >= 0.6 is 11.6 Å². The van der Waals surface area contributed by atoms with Gasteiger partial charge in [-0.25, -0.2) is 9.80 Å². The van der Waals surface area contributed by atoms with Crippen LogP contribution in [0.1, 0.15) is 21.8 Å². The molecule has 3 N–H and O–H groups in total. The second kappa shape index (κ2) is 8.68. The molecule has 2 atom stereocenters. The average Bonchev–Trinajstić information content (AvgIpc) is 2.77. The fraction of sp³-hybridized carbons (Fsp3) is 0.143. The molecule has 0 spiro atoms. The monoisotopic (exact) mass is 424 g/mol. The van der Waals surface area contributed by atoms with Gasteiger partial charge in [0.1, 0.15) is 11.7 Å². The van der Waals surface area contributed by atoms with E-state index < -0.39 is 29.6 Å². The number of nitrogens with two attached hydrogens (primary N) is 1. The molecule has 0 fully saturated rings. The molecule has 0 saturated heterocycles. The second-order valence-electron chi connectivity index (χ2n) is 6.41. The number of rotatable bonds is 4. The van der Waals surface area contributed by atoms with E-state index in [1.807, 2.05) is 6.07 Å². The Hall–Kier alpha value is -3.83. The first kappa shape index (κ1) is 20.9.